The van der Waals surface area contributed by atoms with Gasteiger partial charge in [-0.3, -0.25) is 19.3 Å². The molecular weight excluding hydrogens is 416 g/mol. The van der Waals surface area contributed by atoms with Crippen molar-refractivity contribution in [2.24, 2.45) is 0 Å². The van der Waals surface area contributed by atoms with E-state index in [9.17, 15) is 14.4 Å². The van der Waals surface area contributed by atoms with Gasteiger partial charge in [0.05, 0.1) is 24.6 Å². The molecule has 2 saturated heterocycles. The minimum absolute atomic E-state index is 0.0635. The second kappa shape index (κ2) is 10.0. The predicted molar refractivity (Wildman–Crippen MR) is 118 cm³/mol. The average molecular weight is 443 g/mol. The summed E-state index contributed by atoms with van der Waals surface area (Å²) in [6.07, 6.45) is 0. The molecule has 0 bridgehead atoms. The van der Waals surface area contributed by atoms with Gasteiger partial charge in [0.2, 0.25) is 5.91 Å². The van der Waals surface area contributed by atoms with Crippen molar-refractivity contribution >= 4 is 34.7 Å². The van der Waals surface area contributed by atoms with Gasteiger partial charge in [-0.15, -0.1) is 11.3 Å². The van der Waals surface area contributed by atoms with Crippen LogP contribution < -0.4 is 5.32 Å². The summed E-state index contributed by atoms with van der Waals surface area (Å²) in [6.45, 7) is 5.34. The molecule has 3 amide bonds. The number of hydrogen-bond donors (Lipinski definition) is 1. The van der Waals surface area contributed by atoms with Crippen molar-refractivity contribution in [1.29, 1.82) is 0 Å². The highest BCUT2D eigenvalue weighted by atomic mass is 32.1. The Bertz CT molecular complexity index is 919. The fraction of sp³-hybridized carbons (Fsp3) is 0.409. The number of hydrogen-bond acceptors (Lipinski definition) is 6. The molecule has 1 N–H and O–H groups in total. The third-order valence-electron chi connectivity index (χ3n) is 5.49. The molecule has 2 fully saturated rings. The maximum Gasteiger partial charge on any atom is 0.265 e. The number of morpholine rings is 1. The molecule has 9 heteroatoms. The van der Waals surface area contributed by atoms with Crippen molar-refractivity contribution in [1.82, 2.24) is 14.7 Å². The van der Waals surface area contributed by atoms with E-state index in [0.29, 0.717) is 75.2 Å². The highest BCUT2D eigenvalue weighted by Crippen LogP contribution is 2.17. The van der Waals surface area contributed by atoms with Gasteiger partial charge in [0.1, 0.15) is 0 Å². The minimum Gasteiger partial charge on any atom is -0.378 e. The van der Waals surface area contributed by atoms with Crippen LogP contribution in [-0.4, -0.2) is 91.4 Å². The molecule has 2 aromatic rings. The largest absolute Gasteiger partial charge is 0.378 e. The van der Waals surface area contributed by atoms with E-state index in [1.54, 1.807) is 35.2 Å². The van der Waals surface area contributed by atoms with E-state index in [1.165, 1.54) is 11.3 Å². The van der Waals surface area contributed by atoms with Gasteiger partial charge in [0.15, 0.2) is 0 Å². The predicted octanol–water partition coefficient (Wildman–Crippen LogP) is 1.62. The van der Waals surface area contributed by atoms with Crippen LogP contribution in [0.15, 0.2) is 41.8 Å². The number of benzene rings is 1. The Morgan fingerprint density at radius 2 is 1.71 bits per heavy atom. The normalized spacial score (nSPS) is 17.4. The molecule has 0 atom stereocenters. The molecule has 0 unspecified atom stereocenters. The monoisotopic (exact) mass is 442 g/mol. The summed E-state index contributed by atoms with van der Waals surface area (Å²) in [7, 11) is 0. The number of nitrogens with zero attached hydrogens (tertiary/aromatic N) is 3. The van der Waals surface area contributed by atoms with E-state index in [2.05, 4.69) is 10.2 Å². The van der Waals surface area contributed by atoms with Crippen LogP contribution in [-0.2, 0) is 9.53 Å². The molecular formula is C22H26N4O4S. The lowest BCUT2D eigenvalue weighted by Crippen LogP contribution is -2.52. The van der Waals surface area contributed by atoms with Crippen molar-refractivity contribution in [3.63, 3.8) is 0 Å². The first-order valence-corrected chi connectivity index (χ1v) is 11.3. The lowest BCUT2D eigenvalue weighted by Gasteiger charge is -2.36. The lowest BCUT2D eigenvalue weighted by atomic mass is 10.1. The van der Waals surface area contributed by atoms with E-state index in [1.807, 2.05) is 16.3 Å². The number of piperazine rings is 1. The third-order valence-corrected chi connectivity index (χ3v) is 6.36. The zero-order valence-corrected chi connectivity index (χ0v) is 18.1. The Balaban J connectivity index is 1.29. The Morgan fingerprint density at radius 1 is 0.935 bits per heavy atom. The molecule has 31 heavy (non-hydrogen) atoms. The van der Waals surface area contributed by atoms with Crippen LogP contribution >= 0.6 is 11.3 Å². The van der Waals surface area contributed by atoms with Gasteiger partial charge in [-0.05, 0) is 29.6 Å². The molecule has 2 aliphatic heterocycles. The zero-order valence-electron chi connectivity index (χ0n) is 17.3. The Labute approximate surface area is 185 Å². The van der Waals surface area contributed by atoms with Crippen molar-refractivity contribution in [3.05, 3.63) is 52.2 Å². The summed E-state index contributed by atoms with van der Waals surface area (Å²) in [4.78, 5) is 44.0. The van der Waals surface area contributed by atoms with Gasteiger partial charge < -0.3 is 19.9 Å². The number of carbonyl (C=O) groups is 3. The summed E-state index contributed by atoms with van der Waals surface area (Å²) in [5.74, 6) is -0.123. The second-order valence-corrected chi connectivity index (χ2v) is 8.52. The first-order chi connectivity index (χ1) is 15.1. The van der Waals surface area contributed by atoms with Crippen LogP contribution in [0, 0.1) is 0 Å². The van der Waals surface area contributed by atoms with Gasteiger partial charge in [-0.2, -0.15) is 0 Å². The summed E-state index contributed by atoms with van der Waals surface area (Å²) in [5.41, 5.74) is 1.14. The molecule has 164 valence electrons. The molecule has 3 heterocycles. The fourth-order valence-electron chi connectivity index (χ4n) is 3.73. The fourth-order valence-corrected chi connectivity index (χ4v) is 4.35. The lowest BCUT2D eigenvalue weighted by molar-refractivity contribution is -0.136. The number of ether oxygens (including phenoxy) is 1. The molecule has 0 aliphatic carbocycles. The van der Waals surface area contributed by atoms with Crippen LogP contribution in [0.4, 0.5) is 5.69 Å². The Hall–Kier alpha value is -2.75. The second-order valence-electron chi connectivity index (χ2n) is 7.57. The first-order valence-electron chi connectivity index (χ1n) is 10.4. The maximum atomic E-state index is 13.0. The van der Waals surface area contributed by atoms with Crippen LogP contribution in [0.3, 0.4) is 0 Å². The Kier molecular flexibility index (Phi) is 6.96. The number of thiophene rings is 1. The van der Waals surface area contributed by atoms with Gasteiger partial charge in [0, 0.05) is 50.5 Å². The third kappa shape index (κ3) is 5.49. The molecule has 4 rings (SSSR count). The van der Waals surface area contributed by atoms with Crippen LogP contribution in [0.2, 0.25) is 0 Å². The van der Waals surface area contributed by atoms with E-state index in [0.717, 1.165) is 0 Å². The van der Waals surface area contributed by atoms with Crippen molar-refractivity contribution in [3.8, 4) is 0 Å². The topological polar surface area (TPSA) is 82.2 Å². The van der Waals surface area contributed by atoms with E-state index in [-0.39, 0.29) is 17.7 Å². The highest BCUT2D eigenvalue weighted by molar-refractivity contribution is 7.12. The van der Waals surface area contributed by atoms with E-state index < -0.39 is 0 Å². The summed E-state index contributed by atoms with van der Waals surface area (Å²) < 4.78 is 5.30. The Morgan fingerprint density at radius 3 is 2.42 bits per heavy atom. The first kappa shape index (κ1) is 21.5. The number of anilines is 1. The van der Waals surface area contributed by atoms with E-state index in [4.69, 9.17) is 4.74 Å². The molecule has 8 nitrogen and oxygen atoms in total. The van der Waals surface area contributed by atoms with Gasteiger partial charge >= 0.3 is 0 Å². The average Bonchev–Trinajstić information content (AvgIpc) is 3.35. The van der Waals surface area contributed by atoms with Gasteiger partial charge in [-0.1, -0.05) is 12.1 Å². The molecule has 0 spiro atoms. The zero-order chi connectivity index (χ0) is 21.6. The van der Waals surface area contributed by atoms with Crippen LogP contribution in [0.5, 0.6) is 0 Å². The summed E-state index contributed by atoms with van der Waals surface area (Å²) >= 11 is 1.37. The molecule has 1 aromatic heterocycles. The minimum atomic E-state index is -0.182. The quantitative estimate of drug-likeness (QED) is 0.761. The summed E-state index contributed by atoms with van der Waals surface area (Å²) in [6, 6.07) is 10.6. The number of rotatable bonds is 5. The maximum absolute atomic E-state index is 13.0. The van der Waals surface area contributed by atoms with Gasteiger partial charge in [0.25, 0.3) is 11.8 Å². The number of amides is 3. The van der Waals surface area contributed by atoms with Gasteiger partial charge in [-0.25, -0.2) is 0 Å². The standard InChI is InChI=1S/C22H26N4O4S/c27-20(25-10-12-30-13-11-25)16-24-6-8-26(9-7-24)22(29)17-3-1-4-18(15-17)23-21(28)19-5-2-14-31-19/h1-5,14-15H,6-13,16H2,(H,23,28). The SMILES string of the molecule is O=C(Nc1cccc(C(=O)N2CCN(CC(=O)N3CCOCC3)CC2)c1)c1cccs1. The number of carbonyl (C=O) groups excluding carboxylic acids is 3. The molecule has 0 radical (unpaired) electrons. The molecule has 1 aromatic carbocycles. The van der Waals surface area contributed by atoms with Crippen molar-refractivity contribution in [2.75, 3.05) is 64.3 Å². The highest BCUT2D eigenvalue weighted by Gasteiger charge is 2.25. The van der Waals surface area contributed by atoms with E-state index >= 15 is 0 Å². The van der Waals surface area contributed by atoms with Crippen LogP contribution in [0.25, 0.3) is 0 Å². The van der Waals surface area contributed by atoms with Crippen LogP contribution in [0.1, 0.15) is 20.0 Å². The number of nitrogens with one attached hydrogen (secondary N) is 1. The summed E-state index contributed by atoms with van der Waals surface area (Å²) in [5, 5.41) is 4.69. The molecule has 2 aliphatic rings. The smallest absolute Gasteiger partial charge is 0.265 e. The van der Waals surface area contributed by atoms with Crippen molar-refractivity contribution < 1.29 is 19.1 Å². The van der Waals surface area contributed by atoms with Crippen molar-refractivity contribution in [2.45, 2.75) is 0 Å². The molecule has 0 saturated carbocycles.